The van der Waals surface area contributed by atoms with Gasteiger partial charge in [-0.15, -0.1) is 0 Å². The number of ketones is 1. The van der Waals surface area contributed by atoms with Gasteiger partial charge in [-0.2, -0.15) is 0 Å². The predicted octanol–water partition coefficient (Wildman–Crippen LogP) is 2.41. The van der Waals surface area contributed by atoms with Crippen LogP contribution in [0.15, 0.2) is 12.2 Å². The minimum atomic E-state index is -0.837. The lowest BCUT2D eigenvalue weighted by molar-refractivity contribution is -0.189. The summed E-state index contributed by atoms with van der Waals surface area (Å²) in [5.74, 6) is 0.851. The Morgan fingerprint density at radius 2 is 2.09 bits per heavy atom. The first-order valence-corrected chi connectivity index (χ1v) is 8.38. The molecule has 120 valence electrons. The zero-order valence-corrected chi connectivity index (χ0v) is 13.2. The number of allylic oxidation sites excluding steroid dienone is 2. The van der Waals surface area contributed by atoms with Gasteiger partial charge in [-0.3, -0.25) is 9.59 Å². The molecule has 1 spiro atoms. The van der Waals surface area contributed by atoms with Crippen LogP contribution in [0.1, 0.15) is 46.0 Å². The van der Waals surface area contributed by atoms with Crippen LogP contribution in [0, 0.1) is 34.5 Å². The molecule has 0 aromatic carbocycles. The van der Waals surface area contributed by atoms with E-state index in [9.17, 15) is 14.7 Å². The quantitative estimate of drug-likeness (QED) is 0.839. The van der Waals surface area contributed by atoms with Gasteiger partial charge in [-0.1, -0.05) is 13.0 Å². The van der Waals surface area contributed by atoms with E-state index in [0.717, 1.165) is 19.3 Å². The number of carbonyl (C=O) groups is 2. The lowest BCUT2D eigenvalue weighted by atomic mass is 9.36. The Bertz CT molecular complexity index is 592. The monoisotopic (exact) mass is 304 g/mol. The second-order valence-electron chi connectivity index (χ2n) is 8.57. The standard InChI is InChI=1S/C18H24O4/c1-16(5-4-14(20)21)13(19)3-6-18-9-17(2,22)10-7-11(15(16)18)12(18)8-10/h3,6,10-12,15,22H,4-5,7-9H2,1-2H3,(H,20,21)/t10?,11?,12?,15?,16-,17?,18?/m1/s1. The summed E-state index contributed by atoms with van der Waals surface area (Å²) < 4.78 is 0. The highest BCUT2D eigenvalue weighted by Gasteiger charge is 2.75. The summed E-state index contributed by atoms with van der Waals surface area (Å²) in [6.45, 7) is 3.91. The maximum atomic E-state index is 12.6. The molecule has 4 rings (SSSR count). The van der Waals surface area contributed by atoms with E-state index in [1.807, 2.05) is 13.8 Å². The lowest BCUT2D eigenvalue weighted by Crippen LogP contribution is -2.65. The van der Waals surface area contributed by atoms with Crippen molar-refractivity contribution in [3.63, 3.8) is 0 Å². The number of aliphatic carboxylic acids is 1. The molecule has 0 heterocycles. The van der Waals surface area contributed by atoms with Crippen molar-refractivity contribution in [1.29, 1.82) is 0 Å². The normalized spacial score (nSPS) is 54.8. The molecule has 7 atom stereocenters. The predicted molar refractivity (Wildman–Crippen MR) is 80.0 cm³/mol. The molecular weight excluding hydrogens is 280 g/mol. The molecule has 3 saturated carbocycles. The first-order valence-electron chi connectivity index (χ1n) is 8.38. The summed E-state index contributed by atoms with van der Waals surface area (Å²) in [4.78, 5) is 23.6. The molecule has 4 heteroatoms. The van der Waals surface area contributed by atoms with E-state index < -0.39 is 17.0 Å². The number of fused-ring (bicyclic) bond motifs is 2. The Kier molecular flexibility index (Phi) is 2.64. The molecule has 4 aliphatic rings. The molecule has 0 aromatic rings. The second kappa shape index (κ2) is 4.02. The van der Waals surface area contributed by atoms with Crippen molar-refractivity contribution in [2.75, 3.05) is 0 Å². The third kappa shape index (κ3) is 1.52. The van der Waals surface area contributed by atoms with Crippen molar-refractivity contribution in [3.05, 3.63) is 12.2 Å². The van der Waals surface area contributed by atoms with E-state index in [2.05, 4.69) is 6.08 Å². The van der Waals surface area contributed by atoms with E-state index in [0.29, 0.717) is 24.2 Å². The summed E-state index contributed by atoms with van der Waals surface area (Å²) >= 11 is 0. The Balaban J connectivity index is 1.75. The average Bonchev–Trinajstić information content (AvgIpc) is 2.73. The van der Waals surface area contributed by atoms with Crippen LogP contribution < -0.4 is 0 Å². The van der Waals surface area contributed by atoms with Gasteiger partial charge in [0.25, 0.3) is 0 Å². The van der Waals surface area contributed by atoms with Gasteiger partial charge in [0.2, 0.25) is 0 Å². The van der Waals surface area contributed by atoms with Gasteiger partial charge in [0, 0.05) is 11.8 Å². The van der Waals surface area contributed by atoms with Crippen LogP contribution in [0.25, 0.3) is 0 Å². The number of rotatable bonds is 3. The van der Waals surface area contributed by atoms with Crippen LogP contribution in [0.5, 0.6) is 0 Å². The van der Waals surface area contributed by atoms with Crippen molar-refractivity contribution < 1.29 is 19.8 Å². The van der Waals surface area contributed by atoms with Crippen LogP contribution in [-0.4, -0.2) is 27.6 Å². The number of aliphatic hydroxyl groups is 1. The fourth-order valence-corrected chi connectivity index (χ4v) is 6.65. The zero-order chi connectivity index (χ0) is 15.9. The van der Waals surface area contributed by atoms with E-state index in [4.69, 9.17) is 5.11 Å². The fraction of sp³-hybridized carbons (Fsp3) is 0.778. The van der Waals surface area contributed by atoms with Crippen LogP contribution in [0.4, 0.5) is 0 Å². The summed E-state index contributed by atoms with van der Waals surface area (Å²) in [7, 11) is 0. The molecule has 6 unspecified atom stereocenters. The minimum absolute atomic E-state index is 0.0415. The SMILES string of the molecule is CC1(O)CC23C=CC(=O)[C@@](C)(CCC(=O)O)C2C2CC1CC23. The van der Waals surface area contributed by atoms with Gasteiger partial charge >= 0.3 is 5.97 Å². The molecule has 2 bridgehead atoms. The number of hydrogen-bond donors (Lipinski definition) is 2. The van der Waals surface area contributed by atoms with Crippen LogP contribution in [0.2, 0.25) is 0 Å². The Morgan fingerprint density at radius 1 is 1.36 bits per heavy atom. The molecule has 0 saturated heterocycles. The maximum Gasteiger partial charge on any atom is 0.303 e. The number of carboxylic acids is 1. The van der Waals surface area contributed by atoms with Gasteiger partial charge in [0.1, 0.15) is 0 Å². The van der Waals surface area contributed by atoms with Crippen molar-refractivity contribution in [3.8, 4) is 0 Å². The Morgan fingerprint density at radius 3 is 2.77 bits per heavy atom. The fourth-order valence-electron chi connectivity index (χ4n) is 6.65. The molecule has 4 aliphatic carbocycles. The van der Waals surface area contributed by atoms with E-state index in [-0.39, 0.29) is 23.5 Å². The van der Waals surface area contributed by atoms with Crippen LogP contribution >= 0.6 is 0 Å². The number of carboxylic acid groups (broad SMARTS) is 1. The van der Waals surface area contributed by atoms with Gasteiger partial charge in [-0.25, -0.2) is 0 Å². The number of carbonyl (C=O) groups excluding carboxylic acids is 1. The van der Waals surface area contributed by atoms with Gasteiger partial charge in [0.05, 0.1) is 5.60 Å². The minimum Gasteiger partial charge on any atom is -0.481 e. The summed E-state index contributed by atoms with van der Waals surface area (Å²) in [5, 5.41) is 19.9. The first-order chi connectivity index (χ1) is 10.2. The largest absolute Gasteiger partial charge is 0.481 e. The first kappa shape index (κ1) is 14.4. The molecular formula is C18H24O4. The van der Waals surface area contributed by atoms with Gasteiger partial charge in [0.15, 0.2) is 5.78 Å². The molecule has 0 aromatic heterocycles. The topological polar surface area (TPSA) is 74.6 Å². The van der Waals surface area contributed by atoms with Crippen LogP contribution in [-0.2, 0) is 9.59 Å². The molecule has 0 aliphatic heterocycles. The van der Waals surface area contributed by atoms with Gasteiger partial charge < -0.3 is 10.2 Å². The molecule has 4 nitrogen and oxygen atoms in total. The van der Waals surface area contributed by atoms with Crippen LogP contribution in [0.3, 0.4) is 0 Å². The van der Waals surface area contributed by atoms with E-state index in [1.165, 1.54) is 0 Å². The Labute approximate surface area is 130 Å². The highest BCUT2D eigenvalue weighted by molar-refractivity contribution is 5.96. The lowest BCUT2D eigenvalue weighted by Gasteiger charge is -2.67. The molecule has 2 N–H and O–H groups in total. The maximum absolute atomic E-state index is 12.6. The zero-order valence-electron chi connectivity index (χ0n) is 13.2. The average molecular weight is 304 g/mol. The van der Waals surface area contributed by atoms with Crippen molar-refractivity contribution in [2.24, 2.45) is 34.5 Å². The van der Waals surface area contributed by atoms with Gasteiger partial charge in [-0.05, 0) is 67.8 Å². The van der Waals surface area contributed by atoms with E-state index >= 15 is 0 Å². The third-order valence-corrected chi connectivity index (χ3v) is 7.51. The van der Waals surface area contributed by atoms with Crippen molar-refractivity contribution >= 4 is 11.8 Å². The summed E-state index contributed by atoms with van der Waals surface area (Å²) in [6.07, 6.45) is 6.98. The molecule has 0 amide bonds. The summed E-state index contributed by atoms with van der Waals surface area (Å²) in [5.41, 5.74) is -1.32. The summed E-state index contributed by atoms with van der Waals surface area (Å²) in [6, 6.07) is 0. The highest BCUT2D eigenvalue weighted by atomic mass is 16.4. The smallest absolute Gasteiger partial charge is 0.303 e. The molecule has 22 heavy (non-hydrogen) atoms. The van der Waals surface area contributed by atoms with E-state index in [1.54, 1.807) is 6.08 Å². The van der Waals surface area contributed by atoms with Crippen molar-refractivity contribution in [1.82, 2.24) is 0 Å². The highest BCUT2D eigenvalue weighted by Crippen LogP contribution is 2.77. The third-order valence-electron chi connectivity index (χ3n) is 7.51. The number of hydrogen-bond acceptors (Lipinski definition) is 3. The molecule has 0 radical (unpaired) electrons. The molecule has 3 fully saturated rings. The Hall–Kier alpha value is -1.16. The van der Waals surface area contributed by atoms with Crippen molar-refractivity contribution in [2.45, 2.75) is 51.6 Å². The second-order valence-corrected chi connectivity index (χ2v) is 8.57.